The first-order valence-electron chi connectivity index (χ1n) is 19.0. The molecule has 0 bridgehead atoms. The van der Waals surface area contributed by atoms with Crippen LogP contribution in [0.1, 0.15) is 86.3 Å². The number of thiophene rings is 1. The minimum Gasteiger partial charge on any atom is -0.494 e. The standard InChI is InChI=1S/C41H55N9O6S/c1-6-7-8-9-10-21-56-30-17-15-27(16-18-30)29-24-44-36(45-25-29)28-13-11-26(12-14-28)22-31(46-38(53)33-19-20-34(57-33)41(2,3)4)37(52)47-32(39(54)55)23-35(51)48-40(49-42)50(5)43/h11-20,24-25,31-32,40,49H,6-10,21-23,42-43H2,1-5H3,(H,46,53)(H,47,52)(H,48,51)(H,54,55)/t31-,32-,40?/m0/s1. The van der Waals surface area contributed by atoms with Gasteiger partial charge < -0.3 is 25.8 Å². The third-order valence-electron chi connectivity index (χ3n) is 9.07. The molecule has 0 saturated carbocycles. The number of aromatic nitrogens is 2. The number of nitrogens with one attached hydrogen (secondary N) is 4. The Hall–Kier alpha value is -5.26. The monoisotopic (exact) mass is 801 g/mol. The zero-order valence-corrected chi connectivity index (χ0v) is 34.0. The van der Waals surface area contributed by atoms with Gasteiger partial charge in [-0.1, -0.05) is 89.8 Å². The number of carbonyl (C=O) groups is 4. The van der Waals surface area contributed by atoms with Crippen LogP contribution in [0.4, 0.5) is 0 Å². The molecule has 0 aliphatic carbocycles. The molecule has 0 fully saturated rings. The number of amides is 3. The summed E-state index contributed by atoms with van der Waals surface area (Å²) in [6, 6.07) is 15.8. The van der Waals surface area contributed by atoms with E-state index in [9.17, 15) is 24.3 Å². The van der Waals surface area contributed by atoms with Crippen molar-refractivity contribution in [3.63, 3.8) is 0 Å². The Morgan fingerprint density at radius 2 is 1.49 bits per heavy atom. The SMILES string of the molecule is CCCCCCCOc1ccc(-c2cnc(-c3ccc(C[C@H](NC(=O)c4ccc(C(C)(C)C)s4)C(=O)N[C@@H](CC(=O)NC(NN)N(C)N)C(=O)O)cc3)nc2)cc1. The fourth-order valence-corrected chi connectivity index (χ4v) is 6.69. The van der Waals surface area contributed by atoms with Crippen molar-refractivity contribution in [1.29, 1.82) is 0 Å². The predicted octanol–water partition coefficient (Wildman–Crippen LogP) is 4.49. The predicted molar refractivity (Wildman–Crippen MR) is 221 cm³/mol. The molecule has 0 spiro atoms. The van der Waals surface area contributed by atoms with Crippen molar-refractivity contribution in [3.8, 4) is 28.3 Å². The van der Waals surface area contributed by atoms with Gasteiger partial charge in [-0.15, -0.1) is 11.3 Å². The van der Waals surface area contributed by atoms with Crippen LogP contribution in [0.15, 0.2) is 73.1 Å². The molecule has 57 heavy (non-hydrogen) atoms. The first-order chi connectivity index (χ1) is 27.2. The van der Waals surface area contributed by atoms with E-state index in [1.165, 1.54) is 44.1 Å². The molecule has 0 aliphatic heterocycles. The quantitative estimate of drug-likeness (QED) is 0.0268. The summed E-state index contributed by atoms with van der Waals surface area (Å²) in [5, 5.41) is 18.6. The molecule has 3 amide bonds. The Morgan fingerprint density at radius 3 is 2.07 bits per heavy atom. The highest BCUT2D eigenvalue weighted by atomic mass is 32.1. The maximum atomic E-state index is 13.7. The number of carboxylic acids is 1. The largest absolute Gasteiger partial charge is 0.494 e. The number of aliphatic carboxylic acids is 1. The van der Waals surface area contributed by atoms with Crippen LogP contribution in [0.2, 0.25) is 0 Å². The lowest BCUT2D eigenvalue weighted by Crippen LogP contribution is -2.61. The van der Waals surface area contributed by atoms with Crippen LogP contribution < -0.4 is 37.8 Å². The van der Waals surface area contributed by atoms with Crippen LogP contribution in [0.25, 0.3) is 22.5 Å². The summed E-state index contributed by atoms with van der Waals surface area (Å²) in [5.74, 6) is 8.90. The van der Waals surface area contributed by atoms with Gasteiger partial charge in [-0.3, -0.25) is 26.1 Å². The lowest BCUT2D eigenvalue weighted by Gasteiger charge is -2.25. The maximum Gasteiger partial charge on any atom is 0.326 e. The minimum atomic E-state index is -1.62. The Balaban J connectivity index is 1.45. The molecular formula is C41H55N9O6S. The van der Waals surface area contributed by atoms with Gasteiger partial charge in [-0.25, -0.2) is 25.2 Å². The molecule has 2 heterocycles. The first kappa shape index (κ1) is 44.5. The van der Waals surface area contributed by atoms with Crippen LogP contribution in [0, 0.1) is 0 Å². The average molecular weight is 802 g/mol. The number of hydrogen-bond acceptors (Lipinski definition) is 12. The van der Waals surface area contributed by atoms with Crippen molar-refractivity contribution in [3.05, 3.63) is 88.4 Å². The van der Waals surface area contributed by atoms with E-state index in [-0.39, 0.29) is 11.8 Å². The second-order valence-electron chi connectivity index (χ2n) is 14.8. The van der Waals surface area contributed by atoms with Crippen LogP contribution in [-0.2, 0) is 26.2 Å². The summed E-state index contributed by atoms with van der Waals surface area (Å²) in [7, 11) is 1.44. The molecule has 306 valence electrons. The van der Waals surface area contributed by atoms with Gasteiger partial charge >= 0.3 is 5.97 Å². The van der Waals surface area contributed by atoms with E-state index in [1.54, 1.807) is 30.6 Å². The van der Waals surface area contributed by atoms with Crippen molar-refractivity contribution in [2.75, 3.05) is 13.7 Å². The summed E-state index contributed by atoms with van der Waals surface area (Å²) >= 11 is 1.31. The number of hydrazine groups is 2. The molecule has 16 heteroatoms. The van der Waals surface area contributed by atoms with E-state index in [2.05, 4.69) is 38.3 Å². The smallest absolute Gasteiger partial charge is 0.326 e. The van der Waals surface area contributed by atoms with Gasteiger partial charge in [0, 0.05) is 41.9 Å². The normalized spacial score (nSPS) is 13.1. The van der Waals surface area contributed by atoms with Gasteiger partial charge in [-0.05, 0) is 47.2 Å². The van der Waals surface area contributed by atoms with Crippen LogP contribution in [0.3, 0.4) is 0 Å². The Labute approximate surface area is 337 Å². The Kier molecular flexibility index (Phi) is 16.6. The zero-order valence-electron chi connectivity index (χ0n) is 33.2. The highest BCUT2D eigenvalue weighted by molar-refractivity contribution is 7.14. The van der Waals surface area contributed by atoms with E-state index in [4.69, 9.17) is 16.4 Å². The van der Waals surface area contributed by atoms with Crippen LogP contribution in [0.5, 0.6) is 5.75 Å². The minimum absolute atomic E-state index is 0.0173. The number of nitrogens with zero attached hydrogens (tertiary/aromatic N) is 3. The Morgan fingerprint density at radius 1 is 0.842 bits per heavy atom. The van der Waals surface area contributed by atoms with Gasteiger partial charge in [0.2, 0.25) is 11.8 Å². The lowest BCUT2D eigenvalue weighted by atomic mass is 9.95. The topological polar surface area (TPSA) is 227 Å². The molecule has 9 N–H and O–H groups in total. The average Bonchev–Trinajstić information content (AvgIpc) is 3.70. The second-order valence-corrected chi connectivity index (χ2v) is 15.9. The summed E-state index contributed by atoms with van der Waals surface area (Å²) in [5.41, 5.74) is 5.31. The molecule has 4 rings (SSSR count). The van der Waals surface area contributed by atoms with Gasteiger partial charge in [0.25, 0.3) is 5.91 Å². The van der Waals surface area contributed by atoms with E-state index < -0.39 is 48.5 Å². The second kappa shape index (κ2) is 21.3. The molecule has 15 nitrogen and oxygen atoms in total. The highest BCUT2D eigenvalue weighted by Crippen LogP contribution is 2.30. The highest BCUT2D eigenvalue weighted by Gasteiger charge is 2.30. The molecular weight excluding hydrogens is 747 g/mol. The molecule has 1 unspecified atom stereocenters. The molecule has 4 aromatic rings. The molecule has 2 aromatic carbocycles. The fourth-order valence-electron chi connectivity index (χ4n) is 5.72. The van der Waals surface area contributed by atoms with E-state index in [1.807, 2.05) is 63.2 Å². The first-order valence-corrected chi connectivity index (χ1v) is 19.8. The van der Waals surface area contributed by atoms with Gasteiger partial charge in [-0.2, -0.15) is 0 Å². The van der Waals surface area contributed by atoms with E-state index in [0.29, 0.717) is 22.9 Å². The molecule has 2 aromatic heterocycles. The maximum absolute atomic E-state index is 13.7. The van der Waals surface area contributed by atoms with Crippen molar-refractivity contribution in [2.45, 2.75) is 96.4 Å². The van der Waals surface area contributed by atoms with Gasteiger partial charge in [0.05, 0.1) is 17.9 Å². The van der Waals surface area contributed by atoms with Crippen molar-refractivity contribution in [1.82, 2.24) is 36.4 Å². The molecule has 0 saturated heterocycles. The number of benzene rings is 2. The number of ether oxygens (including phenoxy) is 1. The fraction of sp³-hybridized carbons (Fsp3) is 0.415. The third kappa shape index (κ3) is 13.7. The lowest BCUT2D eigenvalue weighted by molar-refractivity contribution is -0.144. The number of rotatable bonds is 21. The van der Waals surface area contributed by atoms with Crippen molar-refractivity contribution in [2.24, 2.45) is 11.7 Å². The summed E-state index contributed by atoms with van der Waals surface area (Å²) in [4.78, 5) is 62.5. The molecule has 0 radical (unpaired) electrons. The number of unbranched alkanes of at least 4 members (excludes halogenated alkanes) is 4. The summed E-state index contributed by atoms with van der Waals surface area (Å²) < 4.78 is 5.89. The van der Waals surface area contributed by atoms with Crippen molar-refractivity contribution < 1.29 is 29.0 Å². The third-order valence-corrected chi connectivity index (χ3v) is 10.6. The number of carboxylic acid groups (broad SMARTS) is 1. The van der Waals surface area contributed by atoms with E-state index >= 15 is 0 Å². The molecule has 0 aliphatic rings. The number of carbonyl (C=O) groups excluding carboxylic acids is 3. The number of nitrogens with two attached hydrogens (primary N) is 2. The summed E-state index contributed by atoms with van der Waals surface area (Å²) in [6.07, 6.45) is 7.83. The van der Waals surface area contributed by atoms with Crippen LogP contribution in [-0.4, -0.2) is 75.8 Å². The van der Waals surface area contributed by atoms with Gasteiger partial charge in [0.15, 0.2) is 12.1 Å². The molecule has 3 atom stereocenters. The Bertz CT molecular complexity index is 1910. The zero-order chi connectivity index (χ0) is 41.5. The summed E-state index contributed by atoms with van der Waals surface area (Å²) in [6.45, 7) is 9.00. The van der Waals surface area contributed by atoms with Crippen molar-refractivity contribution >= 4 is 35.0 Å². The van der Waals surface area contributed by atoms with Gasteiger partial charge in [0.1, 0.15) is 17.8 Å². The van der Waals surface area contributed by atoms with E-state index in [0.717, 1.165) is 38.7 Å². The van der Waals surface area contributed by atoms with Crippen LogP contribution >= 0.6 is 11.3 Å². The number of hydrogen-bond donors (Lipinski definition) is 7.